The molecule has 2 saturated heterocycles. The van der Waals surface area contributed by atoms with Crippen LogP contribution >= 0.6 is 0 Å². The van der Waals surface area contributed by atoms with E-state index in [9.17, 15) is 14.4 Å². The summed E-state index contributed by atoms with van der Waals surface area (Å²) in [5, 5.41) is 2.62. The van der Waals surface area contributed by atoms with Crippen LogP contribution in [0.1, 0.15) is 43.6 Å². The Hall–Kier alpha value is -2.57. The van der Waals surface area contributed by atoms with Gasteiger partial charge in [0.15, 0.2) is 0 Å². The molecule has 0 bridgehead atoms. The number of hydrogen-bond donors (Lipinski definition) is 1. The predicted octanol–water partition coefficient (Wildman–Crippen LogP) is 2.13. The van der Waals surface area contributed by atoms with Gasteiger partial charge < -0.3 is 19.9 Å². The summed E-state index contributed by atoms with van der Waals surface area (Å²) >= 11 is 0. The fourth-order valence-electron chi connectivity index (χ4n) is 4.74. The van der Waals surface area contributed by atoms with E-state index in [1.165, 1.54) is 7.11 Å². The van der Waals surface area contributed by atoms with Crippen LogP contribution in [0.25, 0.3) is 0 Å². The fourth-order valence-corrected chi connectivity index (χ4v) is 4.74. The van der Waals surface area contributed by atoms with Crippen LogP contribution in [0.4, 0.5) is 4.79 Å². The second-order valence-corrected chi connectivity index (χ2v) is 8.59. The van der Waals surface area contributed by atoms with Gasteiger partial charge >= 0.3 is 12.0 Å². The van der Waals surface area contributed by atoms with Crippen LogP contribution in [0.15, 0.2) is 30.3 Å². The first-order chi connectivity index (χ1) is 14.0. The van der Waals surface area contributed by atoms with Gasteiger partial charge in [0.1, 0.15) is 6.54 Å². The first kappa shape index (κ1) is 19.7. The highest BCUT2D eigenvalue weighted by Crippen LogP contribution is 2.48. The second-order valence-electron chi connectivity index (χ2n) is 8.59. The fraction of sp³-hybridized carbons (Fsp3) is 0.591. The van der Waals surface area contributed by atoms with E-state index < -0.39 is 5.97 Å². The van der Waals surface area contributed by atoms with Crippen molar-refractivity contribution in [1.29, 1.82) is 0 Å². The number of hydrogen-bond acceptors (Lipinski definition) is 4. The Morgan fingerprint density at radius 1 is 1.17 bits per heavy atom. The molecule has 0 unspecified atom stereocenters. The molecule has 1 N–H and O–H groups in total. The highest BCUT2D eigenvalue weighted by molar-refractivity contribution is 5.85. The average Bonchev–Trinajstić information content (AvgIpc) is 3.60. The highest BCUT2D eigenvalue weighted by atomic mass is 16.5. The Morgan fingerprint density at radius 3 is 2.48 bits per heavy atom. The lowest BCUT2D eigenvalue weighted by atomic mass is 9.67. The zero-order valence-corrected chi connectivity index (χ0v) is 16.9. The third-order valence-electron chi connectivity index (χ3n) is 6.64. The second kappa shape index (κ2) is 8.05. The van der Waals surface area contributed by atoms with Gasteiger partial charge in [-0.3, -0.25) is 9.59 Å². The van der Waals surface area contributed by atoms with Crippen molar-refractivity contribution >= 4 is 17.9 Å². The van der Waals surface area contributed by atoms with Crippen molar-refractivity contribution in [2.45, 2.75) is 44.1 Å². The van der Waals surface area contributed by atoms with Crippen LogP contribution in [-0.4, -0.2) is 67.0 Å². The van der Waals surface area contributed by atoms with E-state index in [0.717, 1.165) is 44.2 Å². The smallest absolute Gasteiger partial charge is 0.325 e. The van der Waals surface area contributed by atoms with Crippen LogP contribution < -0.4 is 5.32 Å². The molecule has 3 aliphatic rings. The molecule has 7 heteroatoms. The molecular weight excluding hydrogens is 370 g/mol. The molecule has 2 heterocycles. The van der Waals surface area contributed by atoms with Gasteiger partial charge in [-0.2, -0.15) is 0 Å². The predicted molar refractivity (Wildman–Crippen MR) is 107 cm³/mol. The molecule has 1 atom stereocenters. The van der Waals surface area contributed by atoms with Crippen molar-refractivity contribution in [1.82, 2.24) is 15.1 Å². The average molecular weight is 399 g/mol. The van der Waals surface area contributed by atoms with Gasteiger partial charge in [-0.1, -0.05) is 30.3 Å². The summed E-state index contributed by atoms with van der Waals surface area (Å²) in [5.41, 5.74) is 1.15. The maximum Gasteiger partial charge on any atom is 0.325 e. The topological polar surface area (TPSA) is 79.0 Å². The normalized spacial score (nSPS) is 23.8. The number of esters is 1. The molecule has 156 valence electrons. The number of methoxy groups -OCH3 is 1. The number of amides is 3. The number of benzene rings is 1. The summed E-state index contributed by atoms with van der Waals surface area (Å²) in [6, 6.07) is 10.3. The van der Waals surface area contributed by atoms with Crippen molar-refractivity contribution in [2.75, 3.05) is 33.3 Å². The molecule has 2 aliphatic heterocycles. The minimum Gasteiger partial charge on any atom is -0.468 e. The van der Waals surface area contributed by atoms with Gasteiger partial charge in [0, 0.05) is 25.7 Å². The van der Waals surface area contributed by atoms with Gasteiger partial charge in [-0.25, -0.2) is 4.79 Å². The standard InChI is InChI=1S/C22H29N3O4/c1-29-19(26)14-23-21(28)24-11-9-22(10-12-24)13-18(16-5-3-2-4-6-16)20(27)25(15-22)17-7-8-17/h2-6,17-18H,7-15H2,1H3,(H,23,28)/t18-/m1/s1. The van der Waals surface area contributed by atoms with E-state index in [2.05, 4.69) is 27.1 Å². The Kier molecular flexibility index (Phi) is 5.48. The van der Waals surface area contributed by atoms with Crippen LogP contribution in [0.5, 0.6) is 0 Å². The maximum absolute atomic E-state index is 13.2. The van der Waals surface area contributed by atoms with Crippen molar-refractivity contribution in [3.05, 3.63) is 35.9 Å². The first-order valence-corrected chi connectivity index (χ1v) is 10.5. The van der Waals surface area contributed by atoms with Crippen LogP contribution in [0.3, 0.4) is 0 Å². The summed E-state index contributed by atoms with van der Waals surface area (Å²) in [5.74, 6) is -0.281. The highest BCUT2D eigenvalue weighted by Gasteiger charge is 2.49. The molecule has 29 heavy (non-hydrogen) atoms. The number of rotatable bonds is 4. The molecule has 4 rings (SSSR count). The Bertz CT molecular complexity index is 770. The monoisotopic (exact) mass is 399 g/mol. The molecule has 7 nitrogen and oxygen atoms in total. The van der Waals surface area contributed by atoms with E-state index in [-0.39, 0.29) is 29.8 Å². The van der Waals surface area contributed by atoms with Crippen molar-refractivity contribution < 1.29 is 19.1 Å². The SMILES string of the molecule is COC(=O)CNC(=O)N1CCC2(CC1)C[C@H](c1ccccc1)C(=O)N(C1CC1)C2. The minimum atomic E-state index is -0.455. The van der Waals surface area contributed by atoms with Crippen molar-refractivity contribution in [3.63, 3.8) is 0 Å². The number of nitrogens with one attached hydrogen (secondary N) is 1. The Balaban J connectivity index is 1.44. The molecule has 1 spiro atoms. The number of carbonyl (C=O) groups excluding carboxylic acids is 3. The molecule has 1 saturated carbocycles. The first-order valence-electron chi connectivity index (χ1n) is 10.5. The minimum absolute atomic E-state index is 0.0517. The largest absolute Gasteiger partial charge is 0.468 e. The zero-order valence-electron chi connectivity index (χ0n) is 16.9. The summed E-state index contributed by atoms with van der Waals surface area (Å²) in [4.78, 5) is 40.7. The lowest BCUT2D eigenvalue weighted by molar-refractivity contribution is -0.142. The molecular formula is C22H29N3O4. The molecule has 0 radical (unpaired) electrons. The number of carbonyl (C=O) groups is 3. The van der Waals surface area contributed by atoms with Crippen LogP contribution in [0, 0.1) is 5.41 Å². The summed E-state index contributed by atoms with van der Waals surface area (Å²) in [6.07, 6.45) is 4.80. The molecule has 1 aromatic carbocycles. The van der Waals surface area contributed by atoms with Crippen molar-refractivity contribution in [3.8, 4) is 0 Å². The van der Waals surface area contributed by atoms with Crippen molar-refractivity contribution in [2.24, 2.45) is 5.41 Å². The third kappa shape index (κ3) is 4.23. The summed E-state index contributed by atoms with van der Waals surface area (Å²) in [6.45, 7) is 1.97. The molecule has 1 aliphatic carbocycles. The van der Waals surface area contributed by atoms with Gasteiger partial charge in [0.2, 0.25) is 5.91 Å². The van der Waals surface area contributed by atoms with E-state index >= 15 is 0 Å². The lowest BCUT2D eigenvalue weighted by Crippen LogP contribution is -2.56. The third-order valence-corrected chi connectivity index (χ3v) is 6.64. The summed E-state index contributed by atoms with van der Waals surface area (Å²) in [7, 11) is 1.30. The van der Waals surface area contributed by atoms with Crippen LogP contribution in [0.2, 0.25) is 0 Å². The Morgan fingerprint density at radius 2 is 1.86 bits per heavy atom. The van der Waals surface area contributed by atoms with Gasteiger partial charge in [0.25, 0.3) is 0 Å². The number of ether oxygens (including phenoxy) is 1. The molecule has 3 amide bonds. The van der Waals surface area contributed by atoms with E-state index in [1.807, 2.05) is 18.2 Å². The molecule has 0 aromatic heterocycles. The molecule has 1 aromatic rings. The zero-order chi connectivity index (χ0) is 20.4. The number of urea groups is 1. The number of piperidine rings is 2. The number of nitrogens with zero attached hydrogens (tertiary/aromatic N) is 2. The Labute approximate surface area is 171 Å². The van der Waals surface area contributed by atoms with Gasteiger partial charge in [-0.05, 0) is 43.1 Å². The molecule has 3 fully saturated rings. The van der Waals surface area contributed by atoms with Gasteiger partial charge in [-0.15, -0.1) is 0 Å². The van der Waals surface area contributed by atoms with Crippen LogP contribution in [-0.2, 0) is 14.3 Å². The summed E-state index contributed by atoms with van der Waals surface area (Å²) < 4.78 is 4.57. The van der Waals surface area contributed by atoms with E-state index in [0.29, 0.717) is 19.1 Å². The van der Waals surface area contributed by atoms with E-state index in [1.54, 1.807) is 4.90 Å². The maximum atomic E-state index is 13.2. The van der Waals surface area contributed by atoms with Gasteiger partial charge in [0.05, 0.1) is 13.0 Å². The lowest BCUT2D eigenvalue weighted by Gasteiger charge is -2.50. The van der Waals surface area contributed by atoms with E-state index in [4.69, 9.17) is 0 Å². The number of likely N-dealkylation sites (tertiary alicyclic amines) is 2. The quantitative estimate of drug-likeness (QED) is 0.787.